The maximum atomic E-state index is 12.7. The van der Waals surface area contributed by atoms with Crippen molar-refractivity contribution < 1.29 is 19.1 Å². The lowest BCUT2D eigenvalue weighted by Gasteiger charge is -2.45. The molecule has 3 rings (SSSR count). The summed E-state index contributed by atoms with van der Waals surface area (Å²) in [5.74, 6) is -1.91. The number of carbonyl (C=O) groups is 2. The zero-order valence-corrected chi connectivity index (χ0v) is 13.0. The van der Waals surface area contributed by atoms with E-state index in [1.165, 1.54) is 7.11 Å². The SMILES string of the molecule is COC12NC(=O)NC(=O)C1(c1ccccc1)CC(CBr)O2. The Bertz CT molecular complexity index is 582. The third-order valence-corrected chi connectivity index (χ3v) is 4.77. The van der Waals surface area contributed by atoms with E-state index in [-0.39, 0.29) is 6.10 Å². The van der Waals surface area contributed by atoms with Gasteiger partial charge >= 0.3 is 6.03 Å². The predicted octanol–water partition coefficient (Wildman–Crippen LogP) is 1.25. The van der Waals surface area contributed by atoms with Crippen LogP contribution in [0.15, 0.2) is 30.3 Å². The van der Waals surface area contributed by atoms with Gasteiger partial charge in [0.1, 0.15) is 0 Å². The molecule has 0 aliphatic carbocycles. The monoisotopic (exact) mass is 354 g/mol. The average molecular weight is 355 g/mol. The highest BCUT2D eigenvalue weighted by atomic mass is 79.9. The first kappa shape index (κ1) is 14.5. The molecule has 0 radical (unpaired) electrons. The fourth-order valence-corrected chi connectivity index (χ4v) is 3.50. The highest BCUT2D eigenvalue weighted by molar-refractivity contribution is 9.09. The molecule has 3 atom stereocenters. The van der Waals surface area contributed by atoms with Gasteiger partial charge in [-0.05, 0) is 5.56 Å². The van der Waals surface area contributed by atoms with Crippen LogP contribution in [0.2, 0.25) is 0 Å². The standard InChI is InChI=1S/C14H15BrN2O4/c1-20-14-13(7-10(8-15)21-14,9-5-3-2-4-6-9)11(18)16-12(19)17-14/h2-6,10H,7-8H2,1H3,(H2,16,17,18,19). The molecule has 0 spiro atoms. The van der Waals surface area contributed by atoms with Gasteiger partial charge in [-0.1, -0.05) is 46.3 Å². The Hall–Kier alpha value is -1.44. The van der Waals surface area contributed by atoms with E-state index in [0.717, 1.165) is 5.56 Å². The summed E-state index contributed by atoms with van der Waals surface area (Å²) in [7, 11) is 1.42. The number of halogens is 1. The molecule has 1 aromatic rings. The maximum absolute atomic E-state index is 12.7. The van der Waals surface area contributed by atoms with E-state index in [1.807, 2.05) is 30.3 Å². The molecule has 7 heteroatoms. The Labute approximate surface area is 130 Å². The molecule has 3 unspecified atom stereocenters. The molecule has 0 saturated carbocycles. The number of alkyl halides is 1. The normalized spacial score (nSPS) is 35.0. The molecule has 1 aromatic carbocycles. The Morgan fingerprint density at radius 1 is 1.38 bits per heavy atom. The van der Waals surface area contributed by atoms with Crippen LogP contribution in [0.4, 0.5) is 4.79 Å². The van der Waals surface area contributed by atoms with Gasteiger partial charge in [-0.15, -0.1) is 0 Å². The molecule has 2 aliphatic heterocycles. The summed E-state index contributed by atoms with van der Waals surface area (Å²) in [5, 5.41) is 5.51. The number of ether oxygens (including phenoxy) is 2. The maximum Gasteiger partial charge on any atom is 0.325 e. The van der Waals surface area contributed by atoms with Crippen molar-refractivity contribution in [3.05, 3.63) is 35.9 Å². The number of carbonyl (C=O) groups excluding carboxylic acids is 2. The van der Waals surface area contributed by atoms with Crippen molar-refractivity contribution in [2.75, 3.05) is 12.4 Å². The van der Waals surface area contributed by atoms with Crippen LogP contribution in [0.25, 0.3) is 0 Å². The number of urea groups is 1. The van der Waals surface area contributed by atoms with Gasteiger partial charge < -0.3 is 9.47 Å². The van der Waals surface area contributed by atoms with Crippen LogP contribution < -0.4 is 10.6 Å². The van der Waals surface area contributed by atoms with E-state index in [1.54, 1.807) is 0 Å². The number of nitrogens with one attached hydrogen (secondary N) is 2. The first-order valence-electron chi connectivity index (χ1n) is 6.56. The molecule has 2 fully saturated rings. The number of benzene rings is 1. The predicted molar refractivity (Wildman–Crippen MR) is 77.8 cm³/mol. The lowest BCUT2D eigenvalue weighted by atomic mass is 9.72. The Balaban J connectivity index is 2.19. The van der Waals surface area contributed by atoms with E-state index < -0.39 is 23.3 Å². The highest BCUT2D eigenvalue weighted by Gasteiger charge is 2.69. The Morgan fingerprint density at radius 2 is 2.10 bits per heavy atom. The second kappa shape index (κ2) is 5.08. The summed E-state index contributed by atoms with van der Waals surface area (Å²) < 4.78 is 11.4. The van der Waals surface area contributed by atoms with Crippen LogP contribution in [0.3, 0.4) is 0 Å². The molecular weight excluding hydrogens is 340 g/mol. The van der Waals surface area contributed by atoms with Crippen molar-refractivity contribution >= 4 is 27.9 Å². The van der Waals surface area contributed by atoms with Crippen molar-refractivity contribution in [1.29, 1.82) is 0 Å². The summed E-state index contributed by atoms with van der Waals surface area (Å²) in [6, 6.07) is 8.61. The topological polar surface area (TPSA) is 76.7 Å². The minimum Gasteiger partial charge on any atom is -0.335 e. The molecule has 2 N–H and O–H groups in total. The van der Waals surface area contributed by atoms with Crippen LogP contribution in [0, 0.1) is 0 Å². The smallest absolute Gasteiger partial charge is 0.325 e. The van der Waals surface area contributed by atoms with Crippen molar-refractivity contribution in [3.63, 3.8) is 0 Å². The minimum atomic E-state index is -1.49. The van der Waals surface area contributed by atoms with Gasteiger partial charge in [0, 0.05) is 18.9 Å². The fourth-order valence-electron chi connectivity index (χ4n) is 3.14. The van der Waals surface area contributed by atoms with Gasteiger partial charge in [-0.3, -0.25) is 15.4 Å². The van der Waals surface area contributed by atoms with Crippen molar-refractivity contribution in [2.45, 2.75) is 23.9 Å². The van der Waals surface area contributed by atoms with Crippen LogP contribution in [0.1, 0.15) is 12.0 Å². The first-order valence-corrected chi connectivity index (χ1v) is 7.68. The zero-order valence-electron chi connectivity index (χ0n) is 11.4. The van der Waals surface area contributed by atoms with Crippen LogP contribution in [-0.2, 0) is 19.7 Å². The van der Waals surface area contributed by atoms with Gasteiger partial charge in [-0.25, -0.2) is 4.79 Å². The lowest BCUT2D eigenvalue weighted by Crippen LogP contribution is -2.73. The third-order valence-electron chi connectivity index (χ3n) is 4.05. The van der Waals surface area contributed by atoms with Gasteiger partial charge in [0.2, 0.25) is 5.91 Å². The van der Waals surface area contributed by atoms with Crippen LogP contribution >= 0.6 is 15.9 Å². The number of methoxy groups -OCH3 is 1. The largest absolute Gasteiger partial charge is 0.335 e. The molecule has 2 saturated heterocycles. The van der Waals surface area contributed by atoms with Gasteiger partial charge in [0.15, 0.2) is 5.41 Å². The number of rotatable bonds is 3. The van der Waals surface area contributed by atoms with Gasteiger partial charge in [0.25, 0.3) is 5.91 Å². The Morgan fingerprint density at radius 3 is 2.71 bits per heavy atom. The summed E-state index contributed by atoms with van der Waals surface area (Å²) in [6.45, 7) is 0. The number of amides is 3. The highest BCUT2D eigenvalue weighted by Crippen LogP contribution is 2.49. The zero-order chi connectivity index (χ0) is 15.1. The fraction of sp³-hybridized carbons (Fsp3) is 0.429. The van der Waals surface area contributed by atoms with E-state index in [9.17, 15) is 9.59 Å². The van der Waals surface area contributed by atoms with E-state index in [4.69, 9.17) is 9.47 Å². The second-order valence-corrected chi connectivity index (χ2v) is 5.75. The van der Waals surface area contributed by atoms with Crippen LogP contribution in [0.5, 0.6) is 0 Å². The van der Waals surface area contributed by atoms with Gasteiger partial charge in [0.05, 0.1) is 6.10 Å². The second-order valence-electron chi connectivity index (χ2n) is 5.10. The third kappa shape index (κ3) is 1.91. The number of hydrogen-bond acceptors (Lipinski definition) is 4. The average Bonchev–Trinajstić information content (AvgIpc) is 2.84. The summed E-state index contributed by atoms with van der Waals surface area (Å²) >= 11 is 3.37. The molecule has 2 aliphatic rings. The van der Waals surface area contributed by atoms with E-state index >= 15 is 0 Å². The van der Waals surface area contributed by atoms with Crippen LogP contribution in [-0.4, -0.2) is 36.4 Å². The van der Waals surface area contributed by atoms with E-state index in [0.29, 0.717) is 11.8 Å². The molecular formula is C14H15BrN2O4. The first-order chi connectivity index (χ1) is 10.1. The summed E-state index contributed by atoms with van der Waals surface area (Å²) in [4.78, 5) is 24.4. The molecule has 0 aromatic heterocycles. The molecule has 2 heterocycles. The number of fused-ring (bicyclic) bond motifs is 1. The van der Waals surface area contributed by atoms with E-state index in [2.05, 4.69) is 26.6 Å². The Kier molecular flexibility index (Phi) is 3.51. The summed E-state index contributed by atoms with van der Waals surface area (Å²) in [5.41, 5.74) is -0.372. The van der Waals surface area contributed by atoms with Crippen molar-refractivity contribution in [2.24, 2.45) is 0 Å². The number of imide groups is 1. The van der Waals surface area contributed by atoms with Crippen molar-refractivity contribution in [1.82, 2.24) is 10.6 Å². The molecule has 21 heavy (non-hydrogen) atoms. The quantitative estimate of drug-likeness (QED) is 0.801. The van der Waals surface area contributed by atoms with Gasteiger partial charge in [-0.2, -0.15) is 0 Å². The lowest BCUT2D eigenvalue weighted by molar-refractivity contribution is -0.249. The number of hydrogen-bond donors (Lipinski definition) is 2. The molecule has 3 amide bonds. The minimum absolute atomic E-state index is 0.255. The molecule has 112 valence electrons. The molecule has 6 nitrogen and oxygen atoms in total. The molecule has 0 bridgehead atoms. The summed E-state index contributed by atoms with van der Waals surface area (Å²) in [6.07, 6.45) is 0.150. The van der Waals surface area contributed by atoms with Crippen molar-refractivity contribution in [3.8, 4) is 0 Å².